The van der Waals surface area contributed by atoms with Gasteiger partial charge in [-0.3, -0.25) is 9.59 Å². The Labute approximate surface area is 224 Å². The Balaban J connectivity index is 1.28. The van der Waals surface area contributed by atoms with Crippen LogP contribution in [-0.4, -0.2) is 35.3 Å². The van der Waals surface area contributed by atoms with Crippen LogP contribution in [0.2, 0.25) is 0 Å². The molecule has 0 aliphatic rings. The van der Waals surface area contributed by atoms with Crippen molar-refractivity contribution < 1.29 is 19.1 Å². The number of ether oxygens (including phenoxy) is 2. The van der Waals surface area contributed by atoms with Gasteiger partial charge in [-0.1, -0.05) is 24.3 Å². The maximum Gasteiger partial charge on any atom is 0.262 e. The summed E-state index contributed by atoms with van der Waals surface area (Å²) < 4.78 is 11.0. The van der Waals surface area contributed by atoms with Crippen molar-refractivity contribution in [3.63, 3.8) is 0 Å². The van der Waals surface area contributed by atoms with Crippen molar-refractivity contribution in [3.05, 3.63) is 84.2 Å². The summed E-state index contributed by atoms with van der Waals surface area (Å²) in [6, 6.07) is 24.2. The fraction of sp³-hybridized carbons (Fsp3) is 0.179. The van der Waals surface area contributed by atoms with Gasteiger partial charge in [-0.05, 0) is 68.4 Å². The number of carbonyl (C=O) groups excluding carboxylic acids is 2. The van der Waals surface area contributed by atoms with E-state index in [1.54, 1.807) is 18.2 Å². The number of benzene rings is 3. The SMILES string of the molecule is CCOc1ccc(-c2csc(NC(=O)C(C)Sc3cccc(NC(=O)COc4ccccc4)c3)n2)cc1. The van der Waals surface area contributed by atoms with Crippen LogP contribution in [-0.2, 0) is 9.59 Å². The second-order valence-corrected chi connectivity index (χ2v) is 10.2. The summed E-state index contributed by atoms with van der Waals surface area (Å²) >= 11 is 2.78. The summed E-state index contributed by atoms with van der Waals surface area (Å²) in [6.45, 7) is 4.30. The number of hydrogen-bond acceptors (Lipinski definition) is 7. The van der Waals surface area contributed by atoms with E-state index in [0.29, 0.717) is 23.2 Å². The van der Waals surface area contributed by atoms with E-state index in [1.165, 1.54) is 23.1 Å². The number of amides is 2. The molecule has 4 aromatic rings. The summed E-state index contributed by atoms with van der Waals surface area (Å²) in [5.41, 5.74) is 2.39. The molecule has 1 aromatic heterocycles. The Hall–Kier alpha value is -3.82. The van der Waals surface area contributed by atoms with Gasteiger partial charge in [-0.2, -0.15) is 0 Å². The van der Waals surface area contributed by atoms with E-state index >= 15 is 0 Å². The highest BCUT2D eigenvalue weighted by Gasteiger charge is 2.17. The van der Waals surface area contributed by atoms with Crippen LogP contribution in [0.15, 0.2) is 89.1 Å². The van der Waals surface area contributed by atoms with Gasteiger partial charge in [0.2, 0.25) is 5.91 Å². The van der Waals surface area contributed by atoms with Crippen molar-refractivity contribution >= 4 is 45.7 Å². The Morgan fingerprint density at radius 1 is 0.946 bits per heavy atom. The lowest BCUT2D eigenvalue weighted by atomic mass is 10.2. The molecule has 0 spiro atoms. The van der Waals surface area contributed by atoms with Crippen molar-refractivity contribution in [2.24, 2.45) is 0 Å². The normalized spacial score (nSPS) is 11.4. The van der Waals surface area contributed by atoms with Gasteiger partial charge in [-0.15, -0.1) is 23.1 Å². The van der Waals surface area contributed by atoms with Gasteiger partial charge in [0.25, 0.3) is 5.91 Å². The highest BCUT2D eigenvalue weighted by atomic mass is 32.2. The molecule has 7 nitrogen and oxygen atoms in total. The van der Waals surface area contributed by atoms with Gasteiger partial charge in [0.1, 0.15) is 11.5 Å². The third kappa shape index (κ3) is 7.83. The number of nitrogens with zero attached hydrogens (tertiary/aromatic N) is 1. The van der Waals surface area contributed by atoms with Crippen molar-refractivity contribution in [2.45, 2.75) is 24.0 Å². The molecule has 0 radical (unpaired) electrons. The number of thioether (sulfide) groups is 1. The number of anilines is 2. The lowest BCUT2D eigenvalue weighted by Gasteiger charge is -2.12. The van der Waals surface area contributed by atoms with Gasteiger partial charge in [0.05, 0.1) is 17.6 Å². The van der Waals surface area contributed by atoms with E-state index in [2.05, 4.69) is 15.6 Å². The Morgan fingerprint density at radius 2 is 1.70 bits per heavy atom. The zero-order chi connectivity index (χ0) is 26.0. The number of nitrogens with one attached hydrogen (secondary N) is 2. The molecule has 0 bridgehead atoms. The fourth-order valence-corrected chi connectivity index (χ4v) is 4.98. The molecule has 3 aromatic carbocycles. The average molecular weight is 534 g/mol. The lowest BCUT2D eigenvalue weighted by Crippen LogP contribution is -2.22. The highest BCUT2D eigenvalue weighted by molar-refractivity contribution is 8.00. The first kappa shape index (κ1) is 26.2. The number of aromatic nitrogens is 1. The molecule has 37 heavy (non-hydrogen) atoms. The summed E-state index contributed by atoms with van der Waals surface area (Å²) in [5.74, 6) is 1.03. The van der Waals surface area contributed by atoms with Crippen LogP contribution in [0.5, 0.6) is 11.5 Å². The third-order valence-electron chi connectivity index (χ3n) is 5.11. The Kier molecular flexibility index (Phi) is 9.18. The summed E-state index contributed by atoms with van der Waals surface area (Å²) in [6.07, 6.45) is 0. The molecule has 1 unspecified atom stereocenters. The minimum absolute atomic E-state index is 0.0906. The van der Waals surface area contributed by atoms with Gasteiger partial charge in [0, 0.05) is 21.5 Å². The van der Waals surface area contributed by atoms with Gasteiger partial charge in [0.15, 0.2) is 11.7 Å². The standard InChI is InChI=1S/C28H27N3O4S2/c1-3-34-23-14-12-20(13-15-23)25-18-36-28(30-25)31-27(33)19(2)37-24-11-7-8-21(16-24)29-26(32)17-35-22-9-5-4-6-10-22/h4-16,18-19H,3,17H2,1-2H3,(H,29,32)(H,30,31,33). The summed E-state index contributed by atoms with van der Waals surface area (Å²) in [5, 5.41) is 7.81. The monoisotopic (exact) mass is 533 g/mol. The van der Waals surface area contributed by atoms with Crippen LogP contribution < -0.4 is 20.1 Å². The molecule has 0 aliphatic carbocycles. The van der Waals surface area contributed by atoms with Crippen molar-refractivity contribution in [1.82, 2.24) is 4.98 Å². The quantitative estimate of drug-likeness (QED) is 0.219. The summed E-state index contributed by atoms with van der Waals surface area (Å²) in [4.78, 5) is 30.5. The van der Waals surface area contributed by atoms with Crippen molar-refractivity contribution in [1.29, 1.82) is 0 Å². The first-order valence-electron chi connectivity index (χ1n) is 11.7. The molecule has 2 N–H and O–H groups in total. The Morgan fingerprint density at radius 3 is 2.46 bits per heavy atom. The average Bonchev–Trinajstić information content (AvgIpc) is 3.37. The molecule has 1 heterocycles. The maximum absolute atomic E-state index is 12.8. The first-order chi connectivity index (χ1) is 18.0. The fourth-order valence-electron chi connectivity index (χ4n) is 3.33. The van der Waals surface area contributed by atoms with E-state index in [4.69, 9.17) is 9.47 Å². The van der Waals surface area contributed by atoms with Crippen molar-refractivity contribution in [2.75, 3.05) is 23.8 Å². The van der Waals surface area contributed by atoms with Crippen LogP contribution in [0.1, 0.15) is 13.8 Å². The summed E-state index contributed by atoms with van der Waals surface area (Å²) in [7, 11) is 0. The van der Waals surface area contributed by atoms with Crippen LogP contribution in [0, 0.1) is 0 Å². The van der Waals surface area contributed by atoms with E-state index in [1.807, 2.05) is 79.9 Å². The molecular weight excluding hydrogens is 506 g/mol. The molecule has 2 amide bonds. The number of carbonyl (C=O) groups is 2. The number of rotatable bonds is 11. The molecule has 9 heteroatoms. The minimum atomic E-state index is -0.370. The molecule has 1 atom stereocenters. The van der Waals surface area contributed by atoms with E-state index in [9.17, 15) is 9.59 Å². The topological polar surface area (TPSA) is 89.6 Å². The molecule has 4 rings (SSSR count). The van der Waals surface area contributed by atoms with Crippen molar-refractivity contribution in [3.8, 4) is 22.8 Å². The molecular formula is C28H27N3O4S2. The predicted octanol–water partition coefficient (Wildman–Crippen LogP) is 6.35. The van der Waals surface area contributed by atoms with Crippen LogP contribution in [0.4, 0.5) is 10.8 Å². The molecule has 190 valence electrons. The minimum Gasteiger partial charge on any atom is -0.494 e. The number of thiazole rings is 1. The first-order valence-corrected chi connectivity index (χ1v) is 13.5. The zero-order valence-electron chi connectivity index (χ0n) is 20.5. The highest BCUT2D eigenvalue weighted by Crippen LogP contribution is 2.29. The van der Waals surface area contributed by atoms with Gasteiger partial charge in [-0.25, -0.2) is 4.98 Å². The Bertz CT molecular complexity index is 1330. The smallest absolute Gasteiger partial charge is 0.262 e. The lowest BCUT2D eigenvalue weighted by molar-refractivity contribution is -0.118. The van der Waals surface area contributed by atoms with E-state index in [0.717, 1.165) is 21.9 Å². The largest absolute Gasteiger partial charge is 0.494 e. The molecule has 0 fully saturated rings. The predicted molar refractivity (Wildman–Crippen MR) is 150 cm³/mol. The van der Waals surface area contributed by atoms with E-state index in [-0.39, 0.29) is 23.7 Å². The molecule has 0 aliphatic heterocycles. The second-order valence-electron chi connectivity index (χ2n) is 7.92. The zero-order valence-corrected chi connectivity index (χ0v) is 22.1. The van der Waals surface area contributed by atoms with Crippen LogP contribution in [0.3, 0.4) is 0 Å². The number of hydrogen-bond donors (Lipinski definition) is 2. The third-order valence-corrected chi connectivity index (χ3v) is 6.96. The van der Waals surface area contributed by atoms with Gasteiger partial charge >= 0.3 is 0 Å². The second kappa shape index (κ2) is 12.9. The molecule has 0 saturated carbocycles. The number of para-hydroxylation sites is 1. The van der Waals surface area contributed by atoms with E-state index < -0.39 is 0 Å². The van der Waals surface area contributed by atoms with Crippen LogP contribution in [0.25, 0.3) is 11.3 Å². The van der Waals surface area contributed by atoms with Gasteiger partial charge < -0.3 is 20.1 Å². The maximum atomic E-state index is 12.8. The molecule has 0 saturated heterocycles. The van der Waals surface area contributed by atoms with Crippen LogP contribution >= 0.6 is 23.1 Å².